The highest BCUT2D eigenvalue weighted by Crippen LogP contribution is 2.19. The molecule has 0 amide bonds. The number of ether oxygens (including phenoxy) is 2. The summed E-state index contributed by atoms with van der Waals surface area (Å²) >= 11 is 5.75. The number of nitrogens with one attached hydrogen (secondary N) is 1. The van der Waals surface area contributed by atoms with E-state index in [1.165, 1.54) is 6.92 Å². The standard InChI is InChI=1S/C18H18ClNO5/c1-10-17(12(3)21)11(2)20-18(10)15(22)8-25-16(23)9-24-14-6-4-13(19)5-7-14/h4-7,20H,8-9H2,1-3H3. The minimum absolute atomic E-state index is 0.126. The number of rotatable bonds is 7. The number of carbonyl (C=O) groups is 3. The van der Waals surface area contributed by atoms with Crippen molar-refractivity contribution in [3.05, 3.63) is 51.8 Å². The number of hydrogen-bond acceptors (Lipinski definition) is 5. The highest BCUT2D eigenvalue weighted by molar-refractivity contribution is 6.30. The van der Waals surface area contributed by atoms with Gasteiger partial charge in [-0.1, -0.05) is 11.6 Å². The van der Waals surface area contributed by atoms with Crippen molar-refractivity contribution in [3.63, 3.8) is 0 Å². The monoisotopic (exact) mass is 363 g/mol. The van der Waals surface area contributed by atoms with Crippen LogP contribution in [-0.2, 0) is 9.53 Å². The molecule has 1 N–H and O–H groups in total. The van der Waals surface area contributed by atoms with Gasteiger partial charge in [0.15, 0.2) is 19.0 Å². The molecule has 0 saturated carbocycles. The zero-order valence-corrected chi connectivity index (χ0v) is 14.9. The molecular formula is C18H18ClNO5. The third-order valence-corrected chi connectivity index (χ3v) is 3.85. The molecule has 0 aliphatic heterocycles. The summed E-state index contributed by atoms with van der Waals surface area (Å²) in [6.07, 6.45) is 0. The van der Waals surface area contributed by atoms with Gasteiger partial charge in [-0.25, -0.2) is 4.79 Å². The molecule has 6 nitrogen and oxygen atoms in total. The molecule has 0 spiro atoms. The second kappa shape index (κ2) is 7.98. The fourth-order valence-corrected chi connectivity index (χ4v) is 2.62. The third-order valence-electron chi connectivity index (χ3n) is 3.60. The van der Waals surface area contributed by atoms with E-state index in [1.807, 2.05) is 0 Å². The van der Waals surface area contributed by atoms with E-state index >= 15 is 0 Å². The highest BCUT2D eigenvalue weighted by atomic mass is 35.5. The van der Waals surface area contributed by atoms with Crippen LogP contribution in [0.4, 0.5) is 0 Å². The van der Waals surface area contributed by atoms with Crippen molar-refractivity contribution in [1.29, 1.82) is 0 Å². The quantitative estimate of drug-likeness (QED) is 0.602. The molecular weight excluding hydrogens is 346 g/mol. The van der Waals surface area contributed by atoms with Gasteiger partial charge in [-0.05, 0) is 50.6 Å². The van der Waals surface area contributed by atoms with Crippen molar-refractivity contribution in [1.82, 2.24) is 4.98 Å². The van der Waals surface area contributed by atoms with Gasteiger partial charge in [0.25, 0.3) is 0 Å². The van der Waals surface area contributed by atoms with Gasteiger partial charge in [-0.15, -0.1) is 0 Å². The summed E-state index contributed by atoms with van der Waals surface area (Å²) in [6, 6.07) is 6.51. The van der Waals surface area contributed by atoms with Crippen molar-refractivity contribution in [2.24, 2.45) is 0 Å². The van der Waals surface area contributed by atoms with Gasteiger partial charge in [0.1, 0.15) is 5.75 Å². The number of Topliss-reactive ketones (excluding diaryl/α,β-unsaturated/α-hetero) is 2. The van der Waals surface area contributed by atoms with Gasteiger partial charge in [0.2, 0.25) is 5.78 Å². The van der Waals surface area contributed by atoms with Crippen molar-refractivity contribution in [2.45, 2.75) is 20.8 Å². The minimum Gasteiger partial charge on any atom is -0.482 e. The largest absolute Gasteiger partial charge is 0.482 e. The van der Waals surface area contributed by atoms with Crippen LogP contribution in [0.25, 0.3) is 0 Å². The smallest absolute Gasteiger partial charge is 0.344 e. The lowest BCUT2D eigenvalue weighted by molar-refractivity contribution is -0.144. The Morgan fingerprint density at radius 1 is 1.08 bits per heavy atom. The number of carbonyl (C=O) groups excluding carboxylic acids is 3. The van der Waals surface area contributed by atoms with E-state index in [1.54, 1.807) is 38.1 Å². The molecule has 132 valence electrons. The van der Waals surface area contributed by atoms with E-state index in [-0.39, 0.29) is 18.1 Å². The molecule has 1 aromatic heterocycles. The van der Waals surface area contributed by atoms with Gasteiger partial charge in [-0.2, -0.15) is 0 Å². The lowest BCUT2D eigenvalue weighted by Crippen LogP contribution is -2.20. The van der Waals surface area contributed by atoms with Crippen LogP contribution in [0.1, 0.15) is 39.0 Å². The normalized spacial score (nSPS) is 10.4. The number of H-pyrrole nitrogens is 1. The predicted octanol–water partition coefficient (Wildman–Crippen LogP) is 3.29. The lowest BCUT2D eigenvalue weighted by atomic mass is 10.1. The number of halogens is 1. The number of aromatic amines is 1. The van der Waals surface area contributed by atoms with E-state index in [0.29, 0.717) is 27.6 Å². The summed E-state index contributed by atoms with van der Waals surface area (Å²) in [4.78, 5) is 38.4. The molecule has 1 aromatic carbocycles. The van der Waals surface area contributed by atoms with Crippen LogP contribution in [0.2, 0.25) is 5.02 Å². The van der Waals surface area contributed by atoms with Gasteiger partial charge >= 0.3 is 5.97 Å². The second-order valence-corrected chi connectivity index (χ2v) is 5.94. The molecule has 0 saturated heterocycles. The fourth-order valence-electron chi connectivity index (χ4n) is 2.49. The van der Waals surface area contributed by atoms with E-state index in [0.717, 1.165) is 0 Å². The van der Waals surface area contributed by atoms with E-state index in [9.17, 15) is 14.4 Å². The van der Waals surface area contributed by atoms with E-state index < -0.39 is 18.4 Å². The Hall–Kier alpha value is -2.60. The number of aryl methyl sites for hydroxylation is 1. The Morgan fingerprint density at radius 3 is 2.28 bits per heavy atom. The maximum Gasteiger partial charge on any atom is 0.344 e. The first-order chi connectivity index (χ1) is 11.8. The number of hydrogen-bond donors (Lipinski definition) is 1. The number of aromatic nitrogens is 1. The molecule has 7 heteroatoms. The first-order valence-corrected chi connectivity index (χ1v) is 7.94. The summed E-state index contributed by atoms with van der Waals surface area (Å²) in [6.45, 7) is 4.08. The van der Waals surface area contributed by atoms with Crippen LogP contribution in [0.15, 0.2) is 24.3 Å². The summed E-state index contributed by atoms with van der Waals surface area (Å²) in [7, 11) is 0. The van der Waals surface area contributed by atoms with Gasteiger partial charge < -0.3 is 14.5 Å². The molecule has 0 radical (unpaired) electrons. The van der Waals surface area contributed by atoms with Gasteiger partial charge in [-0.3, -0.25) is 9.59 Å². The van der Waals surface area contributed by atoms with E-state index in [2.05, 4.69) is 4.98 Å². The average molecular weight is 364 g/mol. The Bertz CT molecular complexity index is 808. The van der Waals surface area contributed by atoms with Gasteiger partial charge in [0, 0.05) is 16.3 Å². The maximum absolute atomic E-state index is 12.2. The van der Waals surface area contributed by atoms with Crippen molar-refractivity contribution < 1.29 is 23.9 Å². The molecule has 0 bridgehead atoms. The number of ketones is 2. The first-order valence-electron chi connectivity index (χ1n) is 7.57. The topological polar surface area (TPSA) is 85.5 Å². The minimum atomic E-state index is -0.670. The van der Waals surface area contributed by atoms with Crippen LogP contribution in [0.5, 0.6) is 5.75 Å². The number of esters is 1. The van der Waals surface area contributed by atoms with Crippen LogP contribution in [0, 0.1) is 13.8 Å². The molecule has 0 atom stereocenters. The average Bonchev–Trinajstić information content (AvgIpc) is 2.86. The molecule has 0 unspecified atom stereocenters. The molecule has 0 aliphatic carbocycles. The number of benzene rings is 1. The predicted molar refractivity (Wildman–Crippen MR) is 92.5 cm³/mol. The molecule has 0 aliphatic rings. The summed E-state index contributed by atoms with van der Waals surface area (Å²) < 4.78 is 10.2. The molecule has 25 heavy (non-hydrogen) atoms. The SMILES string of the molecule is CC(=O)c1c(C)[nH]c(C(=O)COC(=O)COc2ccc(Cl)cc2)c1C. The second-order valence-electron chi connectivity index (χ2n) is 5.51. The highest BCUT2D eigenvalue weighted by Gasteiger charge is 2.20. The summed E-state index contributed by atoms with van der Waals surface area (Å²) in [5.74, 6) is -0.739. The zero-order chi connectivity index (χ0) is 18.6. The molecule has 0 fully saturated rings. The van der Waals surface area contributed by atoms with Gasteiger partial charge in [0.05, 0.1) is 5.69 Å². The zero-order valence-electron chi connectivity index (χ0n) is 14.1. The first kappa shape index (κ1) is 18.7. The van der Waals surface area contributed by atoms with Crippen LogP contribution in [0.3, 0.4) is 0 Å². The van der Waals surface area contributed by atoms with Crippen LogP contribution in [-0.4, -0.2) is 35.7 Å². The fraction of sp³-hybridized carbons (Fsp3) is 0.278. The van der Waals surface area contributed by atoms with Crippen LogP contribution >= 0.6 is 11.6 Å². The van der Waals surface area contributed by atoms with Crippen molar-refractivity contribution in [2.75, 3.05) is 13.2 Å². The summed E-state index contributed by atoms with van der Waals surface area (Å²) in [5, 5.41) is 0.557. The third kappa shape index (κ3) is 4.70. The Kier molecular flexibility index (Phi) is 5.98. The Balaban J connectivity index is 1.89. The molecule has 2 rings (SSSR count). The summed E-state index contributed by atoms with van der Waals surface area (Å²) in [5.41, 5.74) is 1.93. The molecule has 2 aromatic rings. The Morgan fingerprint density at radius 2 is 1.72 bits per heavy atom. The van der Waals surface area contributed by atoms with E-state index in [4.69, 9.17) is 21.1 Å². The van der Waals surface area contributed by atoms with Crippen molar-refractivity contribution >= 4 is 29.1 Å². The Labute approximate surface area is 150 Å². The lowest BCUT2D eigenvalue weighted by Gasteiger charge is -2.07. The maximum atomic E-state index is 12.2. The van der Waals surface area contributed by atoms with Crippen LogP contribution < -0.4 is 4.74 Å². The van der Waals surface area contributed by atoms with Crippen molar-refractivity contribution in [3.8, 4) is 5.75 Å². The molecule has 1 heterocycles.